The fourth-order valence-electron chi connectivity index (χ4n) is 2.79. The number of nitrogens with zero attached hydrogens (tertiary/aromatic N) is 1. The molecule has 0 aliphatic carbocycles. The van der Waals surface area contributed by atoms with Crippen molar-refractivity contribution >= 4 is 56.8 Å². The molecule has 0 heterocycles. The number of amides is 1. The van der Waals surface area contributed by atoms with E-state index in [0.29, 0.717) is 32.8 Å². The molecule has 0 saturated carbocycles. The Morgan fingerprint density at radius 3 is 2.56 bits per heavy atom. The number of ether oxygens (including phenoxy) is 2. The number of nitrogens with one attached hydrogen (secondary N) is 1. The Morgan fingerprint density at radius 2 is 1.91 bits per heavy atom. The maximum atomic E-state index is 12.6. The Bertz CT molecular complexity index is 1200. The zero-order valence-electron chi connectivity index (χ0n) is 16.9. The van der Waals surface area contributed by atoms with Crippen LogP contribution in [-0.2, 0) is 11.4 Å². The number of nitriles is 1. The average molecular weight is 532 g/mol. The fourth-order valence-corrected chi connectivity index (χ4v) is 3.51. The third kappa shape index (κ3) is 6.04. The molecule has 1 amide bonds. The highest BCUT2D eigenvalue weighted by Crippen LogP contribution is 2.34. The number of methoxy groups -OCH3 is 1. The lowest BCUT2D eigenvalue weighted by molar-refractivity contribution is -0.112. The van der Waals surface area contributed by atoms with Crippen LogP contribution in [0.2, 0.25) is 10.0 Å². The molecule has 3 aromatic carbocycles. The first-order valence-electron chi connectivity index (χ1n) is 9.33. The first kappa shape index (κ1) is 23.7. The van der Waals surface area contributed by atoms with Gasteiger partial charge in [0.05, 0.1) is 7.11 Å². The molecule has 0 unspecified atom stereocenters. The summed E-state index contributed by atoms with van der Waals surface area (Å²) in [7, 11) is 1.51. The summed E-state index contributed by atoms with van der Waals surface area (Å²) in [5, 5.41) is 13.3. The summed E-state index contributed by atoms with van der Waals surface area (Å²) in [5.74, 6) is 0.295. The van der Waals surface area contributed by atoms with Crippen molar-refractivity contribution in [1.82, 2.24) is 0 Å². The molecule has 0 atom stereocenters. The lowest BCUT2D eigenvalue weighted by atomic mass is 10.1. The number of benzene rings is 3. The predicted octanol–water partition coefficient (Wildman–Crippen LogP) is 6.89. The standard InChI is InChI=1S/C24H17BrCl2N2O3/c1-31-22-4-2-3-15(23(22)32-14-16-5-8-19(26)12-21(16)27)11-17(13-28)24(30)29-20-9-6-18(25)7-10-20/h2-12H,14H2,1H3,(H,29,30)/b17-11+. The minimum absolute atomic E-state index is 0.0875. The predicted molar refractivity (Wildman–Crippen MR) is 130 cm³/mol. The number of anilines is 1. The van der Waals surface area contributed by atoms with Crippen molar-refractivity contribution in [3.63, 3.8) is 0 Å². The van der Waals surface area contributed by atoms with Gasteiger partial charge in [-0.1, -0.05) is 57.3 Å². The van der Waals surface area contributed by atoms with E-state index in [1.165, 1.54) is 13.2 Å². The van der Waals surface area contributed by atoms with Crippen LogP contribution in [0, 0.1) is 11.3 Å². The molecule has 0 radical (unpaired) electrons. The molecule has 0 aliphatic rings. The number of hydrogen-bond acceptors (Lipinski definition) is 4. The highest BCUT2D eigenvalue weighted by molar-refractivity contribution is 9.10. The summed E-state index contributed by atoms with van der Waals surface area (Å²) in [5.41, 5.74) is 1.72. The van der Waals surface area contributed by atoms with E-state index in [2.05, 4.69) is 21.2 Å². The smallest absolute Gasteiger partial charge is 0.266 e. The Morgan fingerprint density at radius 1 is 1.16 bits per heavy atom. The summed E-state index contributed by atoms with van der Waals surface area (Å²) in [6, 6.07) is 19.3. The zero-order valence-corrected chi connectivity index (χ0v) is 20.0. The summed E-state index contributed by atoms with van der Waals surface area (Å²) >= 11 is 15.5. The van der Waals surface area contributed by atoms with Gasteiger partial charge in [-0.05, 0) is 48.5 Å². The van der Waals surface area contributed by atoms with Gasteiger partial charge in [-0.25, -0.2) is 0 Å². The van der Waals surface area contributed by atoms with E-state index in [4.69, 9.17) is 32.7 Å². The van der Waals surface area contributed by atoms with Gasteiger partial charge in [0.15, 0.2) is 11.5 Å². The van der Waals surface area contributed by atoms with Crippen LogP contribution >= 0.6 is 39.1 Å². The van der Waals surface area contributed by atoms with Crippen LogP contribution in [-0.4, -0.2) is 13.0 Å². The maximum Gasteiger partial charge on any atom is 0.266 e. The monoisotopic (exact) mass is 530 g/mol. The van der Waals surface area contributed by atoms with Gasteiger partial charge in [0.2, 0.25) is 0 Å². The van der Waals surface area contributed by atoms with Gasteiger partial charge in [-0.2, -0.15) is 5.26 Å². The molecule has 0 fully saturated rings. The summed E-state index contributed by atoms with van der Waals surface area (Å²) in [4.78, 5) is 12.6. The number of rotatable bonds is 7. The van der Waals surface area contributed by atoms with E-state index in [1.807, 2.05) is 6.07 Å². The highest BCUT2D eigenvalue weighted by atomic mass is 79.9. The molecular weight excluding hydrogens is 515 g/mol. The van der Waals surface area contributed by atoms with Gasteiger partial charge in [-0.3, -0.25) is 4.79 Å². The lowest BCUT2D eigenvalue weighted by Gasteiger charge is -2.14. The highest BCUT2D eigenvalue weighted by Gasteiger charge is 2.15. The number of para-hydroxylation sites is 1. The third-order valence-electron chi connectivity index (χ3n) is 4.38. The van der Waals surface area contributed by atoms with Crippen molar-refractivity contribution in [2.45, 2.75) is 6.61 Å². The van der Waals surface area contributed by atoms with Crippen molar-refractivity contribution in [2.75, 3.05) is 12.4 Å². The molecule has 0 spiro atoms. The zero-order chi connectivity index (χ0) is 23.1. The van der Waals surface area contributed by atoms with Gasteiger partial charge < -0.3 is 14.8 Å². The minimum Gasteiger partial charge on any atom is -0.493 e. The molecular formula is C24H17BrCl2N2O3. The summed E-state index contributed by atoms with van der Waals surface area (Å²) in [6.45, 7) is 0.143. The van der Waals surface area contributed by atoms with E-state index < -0.39 is 5.91 Å². The van der Waals surface area contributed by atoms with Crippen LogP contribution in [0.5, 0.6) is 11.5 Å². The Hall–Kier alpha value is -2.98. The van der Waals surface area contributed by atoms with Crippen LogP contribution in [0.3, 0.4) is 0 Å². The molecule has 8 heteroatoms. The van der Waals surface area contributed by atoms with Crippen molar-refractivity contribution < 1.29 is 14.3 Å². The summed E-state index contributed by atoms with van der Waals surface area (Å²) in [6.07, 6.45) is 1.45. The first-order valence-corrected chi connectivity index (χ1v) is 10.9. The fraction of sp³-hybridized carbons (Fsp3) is 0.0833. The molecule has 0 bridgehead atoms. The SMILES string of the molecule is COc1cccc(/C=C(\C#N)C(=O)Nc2ccc(Br)cc2)c1OCc1ccc(Cl)cc1Cl. The maximum absolute atomic E-state index is 12.6. The second kappa shape index (κ2) is 11.1. The molecule has 32 heavy (non-hydrogen) atoms. The summed E-state index contributed by atoms with van der Waals surface area (Å²) < 4.78 is 12.3. The van der Waals surface area contributed by atoms with E-state index >= 15 is 0 Å². The van der Waals surface area contributed by atoms with Gasteiger partial charge in [0, 0.05) is 31.3 Å². The van der Waals surface area contributed by atoms with Crippen molar-refractivity contribution in [3.8, 4) is 17.6 Å². The third-order valence-corrected chi connectivity index (χ3v) is 5.50. The van der Waals surface area contributed by atoms with Crippen molar-refractivity contribution in [1.29, 1.82) is 5.26 Å². The number of halogens is 3. The van der Waals surface area contributed by atoms with Crippen LogP contribution in [0.4, 0.5) is 5.69 Å². The second-order valence-corrected chi connectivity index (χ2v) is 8.29. The first-order chi connectivity index (χ1) is 15.4. The second-order valence-electron chi connectivity index (χ2n) is 6.53. The van der Waals surface area contributed by atoms with E-state index in [9.17, 15) is 10.1 Å². The normalized spacial score (nSPS) is 10.9. The molecule has 1 N–H and O–H groups in total. The Labute approximate surface area is 204 Å². The molecule has 5 nitrogen and oxygen atoms in total. The Kier molecular flexibility index (Phi) is 8.18. The van der Waals surface area contributed by atoms with Gasteiger partial charge in [-0.15, -0.1) is 0 Å². The van der Waals surface area contributed by atoms with Crippen LogP contribution in [0.25, 0.3) is 6.08 Å². The van der Waals surface area contributed by atoms with Gasteiger partial charge >= 0.3 is 0 Å². The topological polar surface area (TPSA) is 71.3 Å². The molecule has 0 aliphatic heterocycles. The number of carbonyl (C=O) groups is 1. The molecule has 3 rings (SSSR count). The Balaban J connectivity index is 1.88. The largest absolute Gasteiger partial charge is 0.493 e. The van der Waals surface area contributed by atoms with E-state index in [-0.39, 0.29) is 12.2 Å². The average Bonchev–Trinajstić information content (AvgIpc) is 2.78. The van der Waals surface area contributed by atoms with Gasteiger partial charge in [0.25, 0.3) is 5.91 Å². The van der Waals surface area contributed by atoms with Crippen LogP contribution in [0.1, 0.15) is 11.1 Å². The van der Waals surface area contributed by atoms with E-state index in [0.717, 1.165) is 10.0 Å². The van der Waals surface area contributed by atoms with Crippen molar-refractivity contribution in [2.24, 2.45) is 0 Å². The minimum atomic E-state index is -0.538. The lowest BCUT2D eigenvalue weighted by Crippen LogP contribution is -2.13. The molecule has 0 aromatic heterocycles. The van der Waals surface area contributed by atoms with Gasteiger partial charge in [0.1, 0.15) is 18.2 Å². The number of hydrogen-bond donors (Lipinski definition) is 1. The van der Waals surface area contributed by atoms with Crippen LogP contribution in [0.15, 0.2) is 70.7 Å². The van der Waals surface area contributed by atoms with E-state index in [1.54, 1.807) is 60.7 Å². The molecule has 0 saturated heterocycles. The quantitative estimate of drug-likeness (QED) is 0.266. The molecule has 162 valence electrons. The van der Waals surface area contributed by atoms with Crippen molar-refractivity contribution in [3.05, 3.63) is 91.9 Å². The van der Waals surface area contributed by atoms with Crippen LogP contribution < -0.4 is 14.8 Å². The molecule has 3 aromatic rings. The number of carbonyl (C=O) groups excluding carboxylic acids is 1.